The summed E-state index contributed by atoms with van der Waals surface area (Å²) in [5.74, 6) is 1.28. The number of benzene rings is 1. The van der Waals surface area contributed by atoms with Crippen LogP contribution < -0.4 is 15.4 Å². The first kappa shape index (κ1) is 16.2. The number of aryl methyl sites for hydroxylation is 2. The molecule has 2 N–H and O–H groups in total. The van der Waals surface area contributed by atoms with Gasteiger partial charge in [0.15, 0.2) is 0 Å². The van der Waals surface area contributed by atoms with Gasteiger partial charge in [-0.05, 0) is 25.1 Å². The molecule has 0 aliphatic rings. The molecule has 0 spiro atoms. The first-order chi connectivity index (χ1) is 10.5. The van der Waals surface area contributed by atoms with Crippen molar-refractivity contribution in [2.24, 2.45) is 7.05 Å². The van der Waals surface area contributed by atoms with Gasteiger partial charge in [-0.3, -0.25) is 9.48 Å². The van der Waals surface area contributed by atoms with Crippen LogP contribution in [-0.4, -0.2) is 29.3 Å². The number of hydrogen-bond donors (Lipinski definition) is 2. The van der Waals surface area contributed by atoms with Crippen LogP contribution in [0.4, 0.5) is 11.5 Å². The smallest absolute Gasteiger partial charge is 0.227 e. The van der Waals surface area contributed by atoms with Gasteiger partial charge in [-0.25, -0.2) is 0 Å². The molecular formula is C15H19ClN4O2. The summed E-state index contributed by atoms with van der Waals surface area (Å²) in [5.41, 5.74) is 1.62. The highest BCUT2D eigenvalue weighted by molar-refractivity contribution is 6.30. The number of nitrogens with one attached hydrogen (secondary N) is 2. The van der Waals surface area contributed by atoms with Gasteiger partial charge in [0.25, 0.3) is 0 Å². The van der Waals surface area contributed by atoms with Crippen LogP contribution in [0.3, 0.4) is 0 Å². The second kappa shape index (κ2) is 7.17. The molecule has 2 rings (SSSR count). The molecule has 118 valence electrons. The minimum Gasteiger partial charge on any atom is -0.495 e. The Morgan fingerprint density at radius 1 is 1.41 bits per heavy atom. The van der Waals surface area contributed by atoms with Crippen LogP contribution >= 0.6 is 11.6 Å². The number of ether oxygens (including phenoxy) is 1. The summed E-state index contributed by atoms with van der Waals surface area (Å²) in [4.78, 5) is 11.9. The lowest BCUT2D eigenvalue weighted by atomic mass is 10.2. The van der Waals surface area contributed by atoms with E-state index >= 15 is 0 Å². The number of aromatic nitrogens is 2. The Morgan fingerprint density at radius 3 is 2.82 bits per heavy atom. The van der Waals surface area contributed by atoms with Crippen molar-refractivity contribution >= 4 is 29.0 Å². The van der Waals surface area contributed by atoms with Crippen LogP contribution in [0.5, 0.6) is 5.75 Å². The maximum atomic E-state index is 11.9. The maximum absolute atomic E-state index is 11.9. The summed E-state index contributed by atoms with van der Waals surface area (Å²) >= 11 is 5.96. The number of hydrogen-bond acceptors (Lipinski definition) is 4. The Balaban J connectivity index is 1.87. The first-order valence-electron chi connectivity index (χ1n) is 6.87. The molecule has 0 unspecified atom stereocenters. The van der Waals surface area contributed by atoms with Gasteiger partial charge in [-0.15, -0.1) is 0 Å². The first-order valence-corrected chi connectivity index (χ1v) is 7.25. The van der Waals surface area contributed by atoms with E-state index in [1.165, 1.54) is 0 Å². The minimum atomic E-state index is -0.0866. The van der Waals surface area contributed by atoms with Gasteiger partial charge in [-0.2, -0.15) is 5.10 Å². The van der Waals surface area contributed by atoms with Crippen molar-refractivity contribution in [3.63, 3.8) is 0 Å². The second-order valence-corrected chi connectivity index (χ2v) is 5.30. The molecule has 0 fully saturated rings. The fourth-order valence-corrected chi connectivity index (χ4v) is 2.23. The van der Waals surface area contributed by atoms with Gasteiger partial charge in [0, 0.05) is 31.1 Å². The summed E-state index contributed by atoms with van der Waals surface area (Å²) in [5, 5.41) is 10.8. The Hall–Kier alpha value is -2.21. The average molecular weight is 323 g/mol. The van der Waals surface area contributed by atoms with Gasteiger partial charge in [-0.1, -0.05) is 11.6 Å². The van der Waals surface area contributed by atoms with Crippen molar-refractivity contribution in [1.82, 2.24) is 9.78 Å². The van der Waals surface area contributed by atoms with Gasteiger partial charge in [0.2, 0.25) is 5.91 Å². The Kier molecular flexibility index (Phi) is 5.27. The molecule has 0 atom stereocenters. The Morgan fingerprint density at radius 2 is 2.18 bits per heavy atom. The van der Waals surface area contributed by atoms with Crippen molar-refractivity contribution in [2.45, 2.75) is 13.3 Å². The third kappa shape index (κ3) is 4.14. The van der Waals surface area contributed by atoms with E-state index in [1.54, 1.807) is 37.0 Å². The van der Waals surface area contributed by atoms with Crippen LogP contribution in [0.15, 0.2) is 24.3 Å². The molecule has 2 aromatic rings. The van der Waals surface area contributed by atoms with Crippen LogP contribution in [0.25, 0.3) is 0 Å². The number of halogens is 1. The number of carbonyl (C=O) groups excluding carboxylic acids is 1. The molecule has 1 aromatic carbocycles. The zero-order valence-electron chi connectivity index (χ0n) is 12.8. The molecule has 6 nitrogen and oxygen atoms in total. The second-order valence-electron chi connectivity index (χ2n) is 4.86. The third-order valence-corrected chi connectivity index (χ3v) is 3.33. The van der Waals surface area contributed by atoms with Gasteiger partial charge in [0.05, 0.1) is 18.5 Å². The lowest BCUT2D eigenvalue weighted by molar-refractivity contribution is -0.116. The third-order valence-electron chi connectivity index (χ3n) is 3.10. The number of amides is 1. The van der Waals surface area contributed by atoms with E-state index in [9.17, 15) is 4.79 Å². The highest BCUT2D eigenvalue weighted by atomic mass is 35.5. The fraction of sp³-hybridized carbons (Fsp3) is 0.333. The van der Waals surface area contributed by atoms with Crippen LogP contribution in [0.2, 0.25) is 5.02 Å². The number of nitrogens with zero attached hydrogens (tertiary/aromatic N) is 2. The minimum absolute atomic E-state index is 0.0866. The van der Waals surface area contributed by atoms with E-state index in [1.807, 2.05) is 13.0 Å². The lowest BCUT2D eigenvalue weighted by Gasteiger charge is -2.11. The largest absolute Gasteiger partial charge is 0.495 e. The molecule has 0 radical (unpaired) electrons. The molecule has 0 aliphatic heterocycles. The Bertz CT molecular complexity index is 670. The van der Waals surface area contributed by atoms with Crippen LogP contribution in [0, 0.1) is 6.92 Å². The summed E-state index contributed by atoms with van der Waals surface area (Å²) in [7, 11) is 3.38. The van der Waals surface area contributed by atoms with E-state index in [-0.39, 0.29) is 5.91 Å². The predicted octanol–water partition coefficient (Wildman–Crippen LogP) is 2.83. The molecule has 22 heavy (non-hydrogen) atoms. The highest BCUT2D eigenvalue weighted by Gasteiger charge is 2.08. The predicted molar refractivity (Wildman–Crippen MR) is 87.7 cm³/mol. The van der Waals surface area contributed by atoms with Gasteiger partial charge >= 0.3 is 0 Å². The van der Waals surface area contributed by atoms with Crippen molar-refractivity contribution in [3.05, 3.63) is 35.0 Å². The zero-order chi connectivity index (χ0) is 16.1. The lowest BCUT2D eigenvalue weighted by Crippen LogP contribution is -2.18. The number of carbonyl (C=O) groups is 1. The highest BCUT2D eigenvalue weighted by Crippen LogP contribution is 2.27. The summed E-state index contributed by atoms with van der Waals surface area (Å²) in [6.45, 7) is 2.35. The maximum Gasteiger partial charge on any atom is 0.227 e. The van der Waals surface area contributed by atoms with E-state index in [4.69, 9.17) is 16.3 Å². The SMILES string of the molecule is COc1ccc(Cl)cc1NCCC(=O)Nc1cc(C)nn1C. The van der Waals surface area contributed by atoms with Crippen LogP contribution in [-0.2, 0) is 11.8 Å². The summed E-state index contributed by atoms with van der Waals surface area (Å²) < 4.78 is 6.88. The van der Waals surface area contributed by atoms with Crippen molar-refractivity contribution in [3.8, 4) is 5.75 Å². The van der Waals surface area contributed by atoms with Crippen LogP contribution in [0.1, 0.15) is 12.1 Å². The normalized spacial score (nSPS) is 10.4. The zero-order valence-corrected chi connectivity index (χ0v) is 13.6. The number of methoxy groups -OCH3 is 1. The molecule has 1 amide bonds. The van der Waals surface area contributed by atoms with Crippen molar-refractivity contribution < 1.29 is 9.53 Å². The number of rotatable bonds is 6. The monoisotopic (exact) mass is 322 g/mol. The van der Waals surface area contributed by atoms with E-state index < -0.39 is 0 Å². The summed E-state index contributed by atoms with van der Waals surface area (Å²) in [6.07, 6.45) is 0.319. The molecule has 0 saturated carbocycles. The van der Waals surface area contributed by atoms with E-state index in [0.717, 1.165) is 11.4 Å². The topological polar surface area (TPSA) is 68.2 Å². The van der Waals surface area contributed by atoms with E-state index in [2.05, 4.69) is 15.7 Å². The Labute approximate surface area is 134 Å². The quantitative estimate of drug-likeness (QED) is 0.858. The summed E-state index contributed by atoms with van der Waals surface area (Å²) in [6, 6.07) is 7.13. The molecular weight excluding hydrogens is 304 g/mol. The van der Waals surface area contributed by atoms with Crippen molar-refractivity contribution in [1.29, 1.82) is 0 Å². The average Bonchev–Trinajstić information content (AvgIpc) is 2.77. The molecule has 0 bridgehead atoms. The van der Waals surface area contributed by atoms with Crippen molar-refractivity contribution in [2.75, 3.05) is 24.3 Å². The van der Waals surface area contributed by atoms with Gasteiger partial charge < -0.3 is 15.4 Å². The fourth-order valence-electron chi connectivity index (χ4n) is 2.06. The van der Waals surface area contributed by atoms with Gasteiger partial charge in [0.1, 0.15) is 11.6 Å². The van der Waals surface area contributed by atoms with E-state index in [0.29, 0.717) is 29.6 Å². The molecule has 1 aromatic heterocycles. The molecule has 7 heteroatoms. The standard InChI is InChI=1S/C15H19ClN4O2/c1-10-8-14(20(2)19-10)18-15(21)6-7-17-12-9-11(16)4-5-13(12)22-3/h4-5,8-9,17H,6-7H2,1-3H3,(H,18,21). The molecule has 0 saturated heterocycles. The number of anilines is 2. The molecule has 0 aliphatic carbocycles. The molecule has 1 heterocycles.